The lowest BCUT2D eigenvalue weighted by molar-refractivity contribution is 0.134. The van der Waals surface area contributed by atoms with Gasteiger partial charge in [-0.1, -0.05) is 6.42 Å². The van der Waals surface area contributed by atoms with Gasteiger partial charge in [0, 0.05) is 12.6 Å². The van der Waals surface area contributed by atoms with Crippen LogP contribution in [0.3, 0.4) is 0 Å². The monoisotopic (exact) mass is 193 g/mol. The average Bonchev–Trinajstić information content (AvgIpc) is 1.91. The fourth-order valence-electron chi connectivity index (χ4n) is 1.40. The molecule has 0 aromatic rings. The summed E-state index contributed by atoms with van der Waals surface area (Å²) in [6, 6.07) is 0.247. The highest BCUT2D eigenvalue weighted by atomic mass is 32.2. The Morgan fingerprint density at radius 2 is 2.17 bits per heavy atom. The van der Waals surface area contributed by atoms with Crippen LogP contribution in [-0.4, -0.2) is 26.0 Å². The largest absolute Gasteiger partial charge is 0.287 e. The minimum atomic E-state index is -3.58. The zero-order valence-electron chi connectivity index (χ0n) is 7.16. The molecule has 1 atom stereocenters. The van der Waals surface area contributed by atoms with Crippen LogP contribution in [0.25, 0.3) is 0 Å². The number of hydrazine groups is 1. The summed E-state index contributed by atoms with van der Waals surface area (Å²) in [5.41, 5.74) is 0. The standard InChI is InChI=1S/C6H15N3O2S/c1-6-4-2-3-5-9(6)8-12(7,10)11/h6,8H,2-5H2,1H3,(H2,7,10,11). The van der Waals surface area contributed by atoms with Crippen molar-refractivity contribution in [1.82, 2.24) is 9.84 Å². The summed E-state index contributed by atoms with van der Waals surface area (Å²) in [6.07, 6.45) is 3.19. The van der Waals surface area contributed by atoms with Crippen LogP contribution in [0.2, 0.25) is 0 Å². The van der Waals surface area contributed by atoms with E-state index in [0.717, 1.165) is 25.8 Å². The second-order valence-corrected chi connectivity index (χ2v) is 4.45. The molecule has 1 aliphatic rings. The van der Waals surface area contributed by atoms with Gasteiger partial charge in [-0.25, -0.2) is 10.1 Å². The van der Waals surface area contributed by atoms with Crippen LogP contribution < -0.4 is 9.97 Å². The van der Waals surface area contributed by atoms with Gasteiger partial charge in [-0.2, -0.15) is 8.42 Å². The SMILES string of the molecule is CC1CCCCN1NS(N)(=O)=O. The predicted octanol–water partition coefficient (Wildman–Crippen LogP) is -0.431. The first-order valence-corrected chi connectivity index (χ1v) is 5.60. The van der Waals surface area contributed by atoms with Crippen LogP contribution >= 0.6 is 0 Å². The summed E-state index contributed by atoms with van der Waals surface area (Å²) in [5.74, 6) is 0. The fourth-order valence-corrected chi connectivity index (χ4v) is 2.00. The minimum absolute atomic E-state index is 0.247. The third-order valence-corrected chi connectivity index (χ3v) is 2.54. The highest BCUT2D eigenvalue weighted by Crippen LogP contribution is 2.13. The Balaban J connectivity index is 2.50. The molecule has 5 nitrogen and oxygen atoms in total. The molecule has 0 saturated carbocycles. The second kappa shape index (κ2) is 3.69. The maximum Gasteiger partial charge on any atom is 0.287 e. The van der Waals surface area contributed by atoms with Gasteiger partial charge in [-0.3, -0.25) is 0 Å². The second-order valence-electron chi connectivity index (χ2n) is 3.17. The average molecular weight is 193 g/mol. The number of nitrogens with one attached hydrogen (secondary N) is 1. The number of piperidine rings is 1. The van der Waals surface area contributed by atoms with E-state index in [0.29, 0.717) is 0 Å². The lowest BCUT2D eigenvalue weighted by atomic mass is 10.1. The summed E-state index contributed by atoms with van der Waals surface area (Å²) in [7, 11) is -3.58. The molecule has 3 N–H and O–H groups in total. The van der Waals surface area contributed by atoms with Crippen molar-refractivity contribution in [2.24, 2.45) is 5.14 Å². The Kier molecular flexibility index (Phi) is 3.05. The molecule has 6 heteroatoms. The highest BCUT2D eigenvalue weighted by Gasteiger charge is 2.20. The molecule has 1 unspecified atom stereocenters. The van der Waals surface area contributed by atoms with Gasteiger partial charge in [0.1, 0.15) is 0 Å². The molecule has 1 aliphatic heterocycles. The topological polar surface area (TPSA) is 75.4 Å². The van der Waals surface area contributed by atoms with Crippen molar-refractivity contribution in [1.29, 1.82) is 0 Å². The van der Waals surface area contributed by atoms with Gasteiger partial charge in [0.15, 0.2) is 0 Å². The molecule has 1 rings (SSSR count). The molecule has 1 fully saturated rings. The van der Waals surface area contributed by atoms with E-state index in [1.165, 1.54) is 0 Å². The van der Waals surface area contributed by atoms with Crippen molar-refractivity contribution < 1.29 is 8.42 Å². The fraction of sp³-hybridized carbons (Fsp3) is 1.00. The van der Waals surface area contributed by atoms with E-state index in [4.69, 9.17) is 5.14 Å². The van der Waals surface area contributed by atoms with Crippen LogP contribution in [0.5, 0.6) is 0 Å². The van der Waals surface area contributed by atoms with E-state index >= 15 is 0 Å². The van der Waals surface area contributed by atoms with Crippen LogP contribution in [-0.2, 0) is 10.2 Å². The molecule has 0 radical (unpaired) electrons. The van der Waals surface area contributed by atoms with E-state index in [2.05, 4.69) is 4.83 Å². The lowest BCUT2D eigenvalue weighted by Crippen LogP contribution is -2.51. The first-order chi connectivity index (χ1) is 5.49. The number of hydrogen-bond donors (Lipinski definition) is 2. The molecule has 0 aromatic heterocycles. The molecule has 1 saturated heterocycles. The maximum absolute atomic E-state index is 10.7. The van der Waals surface area contributed by atoms with Gasteiger partial charge < -0.3 is 0 Å². The van der Waals surface area contributed by atoms with Crippen molar-refractivity contribution >= 4 is 10.2 Å². The smallest absolute Gasteiger partial charge is 0.227 e. The van der Waals surface area contributed by atoms with Crippen LogP contribution in [0.15, 0.2) is 0 Å². The zero-order chi connectivity index (χ0) is 9.19. The van der Waals surface area contributed by atoms with Crippen molar-refractivity contribution in [2.75, 3.05) is 6.54 Å². The molecule has 0 aliphatic carbocycles. The number of hydrogen-bond acceptors (Lipinski definition) is 3. The van der Waals surface area contributed by atoms with Crippen LogP contribution in [0.1, 0.15) is 26.2 Å². The Hall–Kier alpha value is -0.170. The third-order valence-electron chi connectivity index (χ3n) is 2.05. The highest BCUT2D eigenvalue weighted by molar-refractivity contribution is 7.87. The van der Waals surface area contributed by atoms with Crippen molar-refractivity contribution in [3.8, 4) is 0 Å². The molecular weight excluding hydrogens is 178 g/mol. The summed E-state index contributed by atoms with van der Waals surface area (Å²) in [4.78, 5) is 2.29. The maximum atomic E-state index is 10.7. The van der Waals surface area contributed by atoms with E-state index in [1.807, 2.05) is 6.92 Å². The third kappa shape index (κ3) is 3.06. The zero-order valence-corrected chi connectivity index (χ0v) is 7.97. The molecule has 72 valence electrons. The van der Waals surface area contributed by atoms with Gasteiger partial charge >= 0.3 is 0 Å². The molecule has 0 aromatic carbocycles. The number of nitrogens with two attached hydrogens (primary N) is 1. The lowest BCUT2D eigenvalue weighted by Gasteiger charge is -2.32. The van der Waals surface area contributed by atoms with E-state index in [-0.39, 0.29) is 6.04 Å². The molecule has 12 heavy (non-hydrogen) atoms. The normalized spacial score (nSPS) is 27.3. The summed E-state index contributed by atoms with van der Waals surface area (Å²) < 4.78 is 21.3. The number of nitrogens with zero attached hydrogens (tertiary/aromatic N) is 1. The van der Waals surface area contributed by atoms with Gasteiger partial charge in [-0.15, -0.1) is 4.83 Å². The molecule has 0 amide bonds. The van der Waals surface area contributed by atoms with Gasteiger partial charge in [0.05, 0.1) is 0 Å². The van der Waals surface area contributed by atoms with Gasteiger partial charge in [-0.05, 0) is 19.8 Å². The van der Waals surface area contributed by atoms with Crippen molar-refractivity contribution in [3.05, 3.63) is 0 Å². The van der Waals surface area contributed by atoms with Crippen LogP contribution in [0, 0.1) is 0 Å². The minimum Gasteiger partial charge on any atom is -0.227 e. The quantitative estimate of drug-likeness (QED) is 0.625. The van der Waals surface area contributed by atoms with E-state index in [1.54, 1.807) is 5.01 Å². The molecule has 0 bridgehead atoms. The summed E-state index contributed by atoms with van der Waals surface area (Å²) in [5, 5.41) is 6.53. The molecular formula is C6H15N3O2S. The van der Waals surface area contributed by atoms with E-state index < -0.39 is 10.2 Å². The summed E-state index contributed by atoms with van der Waals surface area (Å²) >= 11 is 0. The Bertz CT molecular complexity index is 239. The molecule has 0 spiro atoms. The number of rotatable bonds is 2. The summed E-state index contributed by atoms with van der Waals surface area (Å²) in [6.45, 7) is 2.73. The van der Waals surface area contributed by atoms with Crippen molar-refractivity contribution in [3.63, 3.8) is 0 Å². The first kappa shape index (κ1) is 9.91. The first-order valence-electron chi connectivity index (χ1n) is 4.06. The van der Waals surface area contributed by atoms with Gasteiger partial charge in [0.25, 0.3) is 10.2 Å². The van der Waals surface area contributed by atoms with Crippen molar-refractivity contribution in [2.45, 2.75) is 32.2 Å². The van der Waals surface area contributed by atoms with Crippen LogP contribution in [0.4, 0.5) is 0 Å². The Morgan fingerprint density at radius 3 is 2.67 bits per heavy atom. The Labute approximate surface area is 73.1 Å². The van der Waals surface area contributed by atoms with E-state index in [9.17, 15) is 8.42 Å². The predicted molar refractivity (Wildman–Crippen MR) is 46.3 cm³/mol. The van der Waals surface area contributed by atoms with Gasteiger partial charge in [0.2, 0.25) is 0 Å². The molecule has 1 heterocycles. The Morgan fingerprint density at radius 1 is 1.50 bits per heavy atom.